The number of hydrazine groups is 1. The van der Waals surface area contributed by atoms with Gasteiger partial charge in [-0.2, -0.15) is 0 Å². The van der Waals surface area contributed by atoms with Crippen molar-refractivity contribution in [2.75, 3.05) is 30.9 Å². The predicted molar refractivity (Wildman–Crippen MR) is 166 cm³/mol. The van der Waals surface area contributed by atoms with Crippen LogP contribution in [0.15, 0.2) is 66.7 Å². The van der Waals surface area contributed by atoms with E-state index in [0.29, 0.717) is 18.0 Å². The summed E-state index contributed by atoms with van der Waals surface area (Å²) in [6.07, 6.45) is 0. The quantitative estimate of drug-likeness (QED) is 0.147. The number of fused-ring (bicyclic) bond motifs is 3. The number of anilines is 2. The molecule has 1 heterocycles. The van der Waals surface area contributed by atoms with Crippen LogP contribution in [0.4, 0.5) is 11.4 Å². The van der Waals surface area contributed by atoms with Crippen molar-refractivity contribution in [3.63, 3.8) is 0 Å². The fourth-order valence-electron chi connectivity index (χ4n) is 6.06. The lowest BCUT2D eigenvalue weighted by molar-refractivity contribution is -0.147. The van der Waals surface area contributed by atoms with Gasteiger partial charge in [0.1, 0.15) is 12.4 Å². The van der Waals surface area contributed by atoms with Crippen LogP contribution in [-0.4, -0.2) is 36.2 Å². The number of carbonyl (C=O) groups is 1. The molecule has 0 spiro atoms. The first-order chi connectivity index (χ1) is 19.5. The molecule has 0 saturated heterocycles. The van der Waals surface area contributed by atoms with Crippen molar-refractivity contribution < 1.29 is 14.6 Å². The van der Waals surface area contributed by atoms with E-state index in [1.54, 1.807) is 20.9 Å². The summed E-state index contributed by atoms with van der Waals surface area (Å²) < 4.78 is 6.27. The maximum atomic E-state index is 12.6. The molecule has 7 heteroatoms. The topological polar surface area (TPSA) is 105 Å². The van der Waals surface area contributed by atoms with Gasteiger partial charge in [-0.1, -0.05) is 60.7 Å². The van der Waals surface area contributed by atoms with Gasteiger partial charge in [0, 0.05) is 43.5 Å². The molecule has 0 fully saturated rings. The summed E-state index contributed by atoms with van der Waals surface area (Å²) in [5.41, 5.74) is 12.9. The second-order valence-corrected chi connectivity index (χ2v) is 11.8. The monoisotopic (exact) mass is 552 g/mol. The number of hydrogen-bond acceptors (Lipinski definition) is 6. The van der Waals surface area contributed by atoms with E-state index >= 15 is 0 Å². The summed E-state index contributed by atoms with van der Waals surface area (Å²) in [4.78, 5) is 15.0. The van der Waals surface area contributed by atoms with E-state index in [1.165, 1.54) is 27.1 Å². The molecular weight excluding hydrogens is 512 g/mol. The van der Waals surface area contributed by atoms with Gasteiger partial charge in [0.05, 0.1) is 16.8 Å². The highest BCUT2D eigenvalue weighted by Crippen LogP contribution is 2.45. The van der Waals surface area contributed by atoms with E-state index in [-0.39, 0.29) is 0 Å². The van der Waals surface area contributed by atoms with Gasteiger partial charge in [-0.05, 0) is 67.0 Å². The molecule has 0 amide bonds. The van der Waals surface area contributed by atoms with Gasteiger partial charge in [-0.3, -0.25) is 9.69 Å². The van der Waals surface area contributed by atoms with Crippen molar-refractivity contribution in [3.05, 3.63) is 100 Å². The van der Waals surface area contributed by atoms with Crippen LogP contribution in [0.1, 0.15) is 53.1 Å². The molecule has 214 valence electrons. The summed E-state index contributed by atoms with van der Waals surface area (Å²) in [7, 11) is 1.74. The van der Waals surface area contributed by atoms with Crippen molar-refractivity contribution in [2.24, 2.45) is 11.3 Å². The van der Waals surface area contributed by atoms with Crippen LogP contribution in [0.3, 0.4) is 0 Å². The summed E-state index contributed by atoms with van der Waals surface area (Å²) in [6, 6.07) is 22.8. The Labute approximate surface area is 242 Å². The van der Waals surface area contributed by atoms with Crippen molar-refractivity contribution in [1.82, 2.24) is 4.90 Å². The molecule has 1 unspecified atom stereocenters. The number of aryl methyl sites for hydroxylation is 1. The number of nitrogens with zero attached hydrogens (tertiary/aromatic N) is 2. The van der Waals surface area contributed by atoms with Crippen LogP contribution in [0.2, 0.25) is 0 Å². The fraction of sp³-hybridized carbons (Fsp3) is 0.324. The lowest BCUT2D eigenvalue weighted by Crippen LogP contribution is -2.33. The van der Waals surface area contributed by atoms with Crippen LogP contribution >= 0.6 is 0 Å². The Morgan fingerprint density at radius 3 is 2.59 bits per heavy atom. The summed E-state index contributed by atoms with van der Waals surface area (Å²) in [5.74, 6) is 5.68. The molecule has 0 radical (unpaired) electrons. The van der Waals surface area contributed by atoms with Crippen molar-refractivity contribution in [2.45, 2.75) is 46.7 Å². The van der Waals surface area contributed by atoms with Crippen molar-refractivity contribution in [1.29, 1.82) is 0 Å². The van der Waals surface area contributed by atoms with Gasteiger partial charge in [-0.15, -0.1) is 0 Å². The summed E-state index contributed by atoms with van der Waals surface area (Å²) in [6.45, 7) is 10.5. The molecular formula is C34H40N4O3. The van der Waals surface area contributed by atoms with Crippen LogP contribution < -0.4 is 21.3 Å². The molecule has 5 rings (SSSR count). The van der Waals surface area contributed by atoms with Crippen LogP contribution in [0, 0.1) is 19.3 Å². The number of carboxylic acids is 1. The van der Waals surface area contributed by atoms with Gasteiger partial charge < -0.3 is 20.6 Å². The minimum atomic E-state index is -1.09. The maximum Gasteiger partial charge on any atom is 0.310 e. The second kappa shape index (κ2) is 11.1. The third kappa shape index (κ3) is 5.35. The van der Waals surface area contributed by atoms with Gasteiger partial charge >= 0.3 is 5.97 Å². The number of nitrogens with two attached hydrogens (primary N) is 2. The van der Waals surface area contributed by atoms with Crippen LogP contribution in [-0.2, 0) is 17.9 Å². The zero-order valence-corrected chi connectivity index (χ0v) is 24.6. The van der Waals surface area contributed by atoms with Gasteiger partial charge in [0.25, 0.3) is 0 Å². The average Bonchev–Trinajstić information content (AvgIpc) is 3.14. The third-order valence-corrected chi connectivity index (χ3v) is 8.61. The Kier molecular flexibility index (Phi) is 7.68. The third-order valence-electron chi connectivity index (χ3n) is 8.61. The zero-order chi connectivity index (χ0) is 29.5. The molecule has 7 nitrogen and oxygen atoms in total. The molecule has 41 heavy (non-hydrogen) atoms. The first-order valence-electron chi connectivity index (χ1n) is 14.0. The smallest absolute Gasteiger partial charge is 0.310 e. The Bertz CT molecular complexity index is 1610. The first kappa shape index (κ1) is 28.5. The lowest BCUT2D eigenvalue weighted by Gasteiger charge is -2.34. The molecule has 4 aromatic rings. The van der Waals surface area contributed by atoms with Gasteiger partial charge in [0.2, 0.25) is 0 Å². The highest BCUT2D eigenvalue weighted by atomic mass is 16.5. The second-order valence-electron chi connectivity index (χ2n) is 11.8. The molecule has 0 aromatic heterocycles. The van der Waals surface area contributed by atoms with E-state index < -0.39 is 17.3 Å². The van der Waals surface area contributed by atoms with Gasteiger partial charge in [0.15, 0.2) is 0 Å². The number of rotatable bonds is 7. The molecule has 1 atom stereocenters. The minimum absolute atomic E-state index is 0.418. The number of hydrogen-bond donors (Lipinski definition) is 3. The SMILES string of the molecule is Cc1ccc(C(c2ccc(N(C)N)c(N)c2C)C(C)(C)C(=O)O)cc1CN1CCOc2c(ccc3ccccc23)C1. The van der Waals surface area contributed by atoms with Crippen LogP contribution in [0.25, 0.3) is 10.8 Å². The maximum absolute atomic E-state index is 12.6. The number of aliphatic carboxylic acids is 1. The number of benzene rings is 4. The Morgan fingerprint density at radius 1 is 1.10 bits per heavy atom. The zero-order valence-electron chi connectivity index (χ0n) is 24.6. The van der Waals surface area contributed by atoms with E-state index in [2.05, 4.69) is 60.4 Å². The highest BCUT2D eigenvalue weighted by Gasteiger charge is 2.40. The van der Waals surface area contributed by atoms with Crippen LogP contribution in [0.5, 0.6) is 5.75 Å². The standard InChI is InChI=1S/C34H40N4O3/c1-21-10-11-24(30(34(3,4)33(39)40)27-14-15-29(37(5)36)31(35)22(27)2)18-26(21)20-38-16-17-41-32-25(19-38)13-12-23-8-6-7-9-28(23)32/h6-15,18,30H,16-17,19-20,35-36H2,1-5H3,(H,39,40). The Balaban J connectivity index is 1.52. The summed E-state index contributed by atoms with van der Waals surface area (Å²) >= 11 is 0. The average molecular weight is 553 g/mol. The molecule has 0 aliphatic carbocycles. The molecule has 4 aromatic carbocycles. The van der Waals surface area contributed by atoms with Gasteiger partial charge in [-0.25, -0.2) is 5.84 Å². The number of ether oxygens (including phenoxy) is 1. The lowest BCUT2D eigenvalue weighted by atomic mass is 9.69. The Hall–Kier alpha value is -4.07. The molecule has 5 N–H and O–H groups in total. The van der Waals surface area contributed by atoms with E-state index in [1.807, 2.05) is 25.1 Å². The Morgan fingerprint density at radius 2 is 1.85 bits per heavy atom. The number of nitrogen functional groups attached to an aromatic ring is 1. The van der Waals surface area contributed by atoms with E-state index in [0.717, 1.165) is 47.5 Å². The normalized spacial score (nSPS) is 14.7. The molecule has 0 saturated carbocycles. The first-order valence-corrected chi connectivity index (χ1v) is 14.0. The number of carboxylic acid groups (broad SMARTS) is 1. The predicted octanol–water partition coefficient (Wildman–Crippen LogP) is 5.99. The van der Waals surface area contributed by atoms with E-state index in [4.69, 9.17) is 16.3 Å². The van der Waals surface area contributed by atoms with Crippen molar-refractivity contribution in [3.8, 4) is 5.75 Å². The molecule has 0 bridgehead atoms. The minimum Gasteiger partial charge on any atom is -0.491 e. The van der Waals surface area contributed by atoms with E-state index in [9.17, 15) is 9.90 Å². The largest absolute Gasteiger partial charge is 0.491 e. The molecule has 1 aliphatic rings. The molecule has 1 aliphatic heterocycles. The van der Waals surface area contributed by atoms with Crippen molar-refractivity contribution >= 4 is 28.1 Å². The summed E-state index contributed by atoms with van der Waals surface area (Å²) in [5, 5.41) is 14.1. The fourth-order valence-corrected chi connectivity index (χ4v) is 6.06. The highest BCUT2D eigenvalue weighted by molar-refractivity contribution is 5.89.